The van der Waals surface area contributed by atoms with Gasteiger partial charge in [-0.1, -0.05) is 5.16 Å². The molecule has 26 heavy (non-hydrogen) atoms. The number of halogens is 1. The number of benzene rings is 1. The highest BCUT2D eigenvalue weighted by atomic mass is 32.2. The lowest BCUT2D eigenvalue weighted by Crippen LogP contribution is -2.13. The van der Waals surface area contributed by atoms with E-state index in [2.05, 4.69) is 14.9 Å². The lowest BCUT2D eigenvalue weighted by atomic mass is 10.1. The van der Waals surface area contributed by atoms with Crippen LogP contribution >= 0.6 is 11.3 Å². The van der Waals surface area contributed by atoms with Gasteiger partial charge in [-0.3, -0.25) is 4.72 Å². The number of sulfonamides is 1. The Morgan fingerprint density at radius 2 is 2.04 bits per heavy atom. The highest BCUT2D eigenvalue weighted by Gasteiger charge is 2.28. The molecular weight excluding hydrogens is 381 g/mol. The van der Waals surface area contributed by atoms with Gasteiger partial charge in [0.25, 0.3) is 15.9 Å². The van der Waals surface area contributed by atoms with E-state index < -0.39 is 15.8 Å². The molecule has 3 heterocycles. The van der Waals surface area contributed by atoms with Gasteiger partial charge in [0.2, 0.25) is 0 Å². The topological polar surface area (TPSA) is 94.3 Å². The van der Waals surface area contributed by atoms with Crippen molar-refractivity contribution in [3.63, 3.8) is 0 Å². The minimum atomic E-state index is -3.89. The molecule has 2 aromatic heterocycles. The van der Waals surface area contributed by atoms with Crippen molar-refractivity contribution in [2.24, 2.45) is 0 Å². The zero-order valence-corrected chi connectivity index (χ0v) is 15.3. The lowest BCUT2D eigenvalue weighted by molar-refractivity contribution is 0.113. The summed E-state index contributed by atoms with van der Waals surface area (Å²) < 4.78 is 51.8. The maximum Gasteiger partial charge on any atom is 0.262 e. The van der Waals surface area contributed by atoms with Crippen molar-refractivity contribution >= 4 is 26.4 Å². The second-order valence-electron chi connectivity index (χ2n) is 5.72. The van der Waals surface area contributed by atoms with Gasteiger partial charge in [-0.25, -0.2) is 12.8 Å². The van der Waals surface area contributed by atoms with Gasteiger partial charge in [-0.05, 0) is 43.2 Å². The van der Waals surface area contributed by atoms with Crippen LogP contribution in [0.2, 0.25) is 0 Å². The minimum absolute atomic E-state index is 0.0332. The summed E-state index contributed by atoms with van der Waals surface area (Å²) in [6, 6.07) is 4.63. The number of ether oxygens (including phenoxy) is 1. The highest BCUT2D eigenvalue weighted by Crippen LogP contribution is 2.43. The van der Waals surface area contributed by atoms with E-state index in [1.807, 2.05) is 0 Å². The molecule has 10 heteroatoms. The summed E-state index contributed by atoms with van der Waals surface area (Å²) in [7, 11) is -3.89. The zero-order chi connectivity index (χ0) is 18.3. The Hall–Kier alpha value is -2.30. The van der Waals surface area contributed by atoms with E-state index in [1.54, 1.807) is 6.92 Å². The number of fused-ring (bicyclic) bond motifs is 1. The Kier molecular flexibility index (Phi) is 4.25. The predicted octanol–water partition coefficient (Wildman–Crippen LogP) is 3.12. The first kappa shape index (κ1) is 17.1. The van der Waals surface area contributed by atoms with Crippen LogP contribution in [0.5, 0.6) is 0 Å². The average molecular weight is 395 g/mol. The van der Waals surface area contributed by atoms with Crippen molar-refractivity contribution in [2.45, 2.75) is 24.8 Å². The fraction of sp³-hybridized carbons (Fsp3) is 0.250. The molecule has 0 bridgehead atoms. The Labute approximate surface area is 152 Å². The lowest BCUT2D eigenvalue weighted by Gasteiger charge is -2.12. The summed E-state index contributed by atoms with van der Waals surface area (Å²) in [5.74, 6) is 0.216. The van der Waals surface area contributed by atoms with E-state index in [-0.39, 0.29) is 10.8 Å². The molecule has 0 unspecified atom stereocenters. The van der Waals surface area contributed by atoms with E-state index in [0.29, 0.717) is 36.0 Å². The fourth-order valence-electron chi connectivity index (χ4n) is 2.72. The number of thiophene rings is 1. The summed E-state index contributed by atoms with van der Waals surface area (Å²) >= 11 is 1.27. The molecule has 1 aliphatic rings. The number of hydrogen-bond acceptors (Lipinski definition) is 7. The van der Waals surface area contributed by atoms with Crippen LogP contribution in [0, 0.1) is 12.7 Å². The van der Waals surface area contributed by atoms with Gasteiger partial charge in [-0.15, -0.1) is 11.3 Å². The molecule has 0 atom stereocenters. The molecule has 0 saturated heterocycles. The van der Waals surface area contributed by atoms with Gasteiger partial charge in [0.1, 0.15) is 10.8 Å². The predicted molar refractivity (Wildman–Crippen MR) is 92.9 cm³/mol. The first-order valence-electron chi connectivity index (χ1n) is 7.75. The summed E-state index contributed by atoms with van der Waals surface area (Å²) in [5.41, 5.74) is 1.53. The third kappa shape index (κ3) is 3.11. The van der Waals surface area contributed by atoms with Crippen LogP contribution in [0.3, 0.4) is 0 Å². The van der Waals surface area contributed by atoms with Crippen molar-refractivity contribution in [3.8, 4) is 11.5 Å². The van der Waals surface area contributed by atoms with Crippen molar-refractivity contribution in [3.05, 3.63) is 46.3 Å². The number of rotatable bonds is 4. The van der Waals surface area contributed by atoms with Gasteiger partial charge in [-0.2, -0.15) is 4.98 Å². The van der Waals surface area contributed by atoms with Crippen LogP contribution in [-0.4, -0.2) is 25.2 Å². The van der Waals surface area contributed by atoms with Gasteiger partial charge in [0.05, 0.1) is 23.7 Å². The number of aryl methyl sites for hydroxylation is 1. The van der Waals surface area contributed by atoms with Gasteiger partial charge in [0.15, 0.2) is 5.82 Å². The van der Waals surface area contributed by atoms with E-state index in [1.165, 1.54) is 23.5 Å². The third-order valence-corrected chi connectivity index (χ3v) is 6.53. The molecule has 1 aromatic carbocycles. The van der Waals surface area contributed by atoms with E-state index >= 15 is 0 Å². The fourth-order valence-corrected chi connectivity index (χ4v) is 5.21. The Morgan fingerprint density at radius 3 is 2.73 bits per heavy atom. The number of hydrogen-bond donors (Lipinski definition) is 1. The third-order valence-electron chi connectivity index (χ3n) is 3.91. The molecule has 136 valence electrons. The molecule has 3 aromatic rings. The van der Waals surface area contributed by atoms with E-state index in [0.717, 1.165) is 22.6 Å². The van der Waals surface area contributed by atoms with Crippen molar-refractivity contribution < 1.29 is 22.1 Å². The van der Waals surface area contributed by atoms with Crippen LogP contribution in [0.1, 0.15) is 16.3 Å². The average Bonchev–Trinajstić information content (AvgIpc) is 3.17. The van der Waals surface area contributed by atoms with Crippen LogP contribution < -0.4 is 4.72 Å². The Balaban J connectivity index is 1.79. The van der Waals surface area contributed by atoms with E-state index in [4.69, 9.17) is 9.26 Å². The molecule has 0 fully saturated rings. The van der Waals surface area contributed by atoms with Gasteiger partial charge >= 0.3 is 0 Å². The van der Waals surface area contributed by atoms with Crippen molar-refractivity contribution in [1.82, 2.24) is 10.1 Å². The number of nitrogens with one attached hydrogen (secondary N) is 1. The second kappa shape index (κ2) is 6.45. The summed E-state index contributed by atoms with van der Waals surface area (Å²) in [6.07, 6.45) is 0.626. The molecule has 0 saturated carbocycles. The molecule has 0 spiro atoms. The molecule has 7 nitrogen and oxygen atoms in total. The smallest absolute Gasteiger partial charge is 0.262 e. The summed E-state index contributed by atoms with van der Waals surface area (Å²) in [5, 5.41) is 4.18. The zero-order valence-electron chi connectivity index (χ0n) is 13.7. The normalized spacial score (nSPS) is 14.2. The van der Waals surface area contributed by atoms with E-state index in [9.17, 15) is 12.8 Å². The second-order valence-corrected chi connectivity index (χ2v) is 8.50. The van der Waals surface area contributed by atoms with Gasteiger partial charge < -0.3 is 9.26 Å². The summed E-state index contributed by atoms with van der Waals surface area (Å²) in [4.78, 5) is 5.12. The first-order chi connectivity index (χ1) is 12.4. The maximum absolute atomic E-state index is 13.1. The molecule has 0 aliphatic carbocycles. The monoisotopic (exact) mass is 395 g/mol. The standard InChI is InChI=1S/C16H14FN3O4S2/c1-9-18-15(24-19-9)14-12-6-7-23-8-13(12)25-16(14)20-26(21,22)11-4-2-10(17)3-5-11/h2-5,20H,6-8H2,1H3. The van der Waals surface area contributed by atoms with Crippen molar-refractivity contribution in [1.29, 1.82) is 0 Å². The SMILES string of the molecule is Cc1noc(-c2c(NS(=O)(=O)c3ccc(F)cc3)sc3c2CCOC3)n1. The minimum Gasteiger partial charge on any atom is -0.376 e. The molecule has 1 aliphatic heterocycles. The van der Waals surface area contributed by atoms with Crippen LogP contribution in [0.4, 0.5) is 9.39 Å². The molecule has 1 N–H and O–H groups in total. The highest BCUT2D eigenvalue weighted by molar-refractivity contribution is 7.93. The number of aromatic nitrogens is 2. The Bertz CT molecular complexity index is 1060. The summed E-state index contributed by atoms with van der Waals surface area (Å²) in [6.45, 7) is 2.63. The first-order valence-corrected chi connectivity index (χ1v) is 10.1. The van der Waals surface area contributed by atoms with Gasteiger partial charge in [0, 0.05) is 4.88 Å². The van der Waals surface area contributed by atoms with Crippen molar-refractivity contribution in [2.75, 3.05) is 11.3 Å². The van der Waals surface area contributed by atoms with Crippen LogP contribution in [0.25, 0.3) is 11.5 Å². The number of anilines is 1. The largest absolute Gasteiger partial charge is 0.376 e. The quantitative estimate of drug-likeness (QED) is 0.729. The molecular formula is C16H14FN3O4S2. The molecule has 0 radical (unpaired) electrons. The molecule has 4 rings (SSSR count). The van der Waals surface area contributed by atoms with Crippen LogP contribution in [-0.2, 0) is 27.8 Å². The number of nitrogens with zero attached hydrogens (tertiary/aromatic N) is 2. The maximum atomic E-state index is 13.1. The molecule has 0 amide bonds. The Morgan fingerprint density at radius 1 is 1.27 bits per heavy atom. The van der Waals surface area contributed by atoms with Crippen LogP contribution in [0.15, 0.2) is 33.7 Å².